The van der Waals surface area contributed by atoms with E-state index in [2.05, 4.69) is 121 Å². The second-order valence-corrected chi connectivity index (χ2v) is 10.4. The number of likely N-dealkylation sites (N-methyl/N-ethyl adjacent to an activating group) is 1. The van der Waals surface area contributed by atoms with Crippen molar-refractivity contribution in [1.82, 2.24) is 5.01 Å². The fraction of sp³-hybridized carbons (Fsp3) is 0.250. The van der Waals surface area contributed by atoms with E-state index in [4.69, 9.17) is 10.2 Å². The molecule has 0 aliphatic heterocycles. The number of nitrogens with zero attached hydrogens (tertiary/aromatic N) is 5. The van der Waals surface area contributed by atoms with Gasteiger partial charge in [0.15, 0.2) is 18.9 Å². The summed E-state index contributed by atoms with van der Waals surface area (Å²) in [7, 11) is 3.99. The SMILES string of the molecule is C/C=C(\C=C/[NH2+]Cc1ccccc1C[n+]1ccc(/C(C)=N/N(C)C2=CCCC=C2)cc1)C(/C)=N/N(C)c1ccccc1. The van der Waals surface area contributed by atoms with Crippen molar-refractivity contribution in [3.05, 3.63) is 144 Å². The molecule has 1 heterocycles. The Labute approximate surface area is 251 Å². The van der Waals surface area contributed by atoms with E-state index in [0.717, 1.165) is 59.9 Å². The van der Waals surface area contributed by atoms with Gasteiger partial charge in [-0.25, -0.2) is 4.57 Å². The minimum Gasteiger partial charge on any atom is -0.316 e. The van der Waals surface area contributed by atoms with E-state index in [-0.39, 0.29) is 0 Å². The standard InChI is InChI=1S/C36H43N6/c1-6-31(29(2)38-40(4)35-17-9-7-10-18-35)21-24-37-27-33-15-13-14-16-34(33)28-42-25-22-32(23-26-42)30(3)39-41(5)36-19-11-8-12-20-36/h6-7,9-11,13-26,37H,8,12,27-28H2,1-5H3/q+1/p+1/b24-21-,31-6+,38-29+. The summed E-state index contributed by atoms with van der Waals surface area (Å²) in [5.74, 6) is 0. The molecule has 0 saturated carbocycles. The average Bonchev–Trinajstić information content (AvgIpc) is 3.03. The highest BCUT2D eigenvalue weighted by Crippen LogP contribution is 2.15. The number of anilines is 1. The molecule has 0 atom stereocenters. The molecule has 216 valence electrons. The number of pyridine rings is 1. The molecule has 6 nitrogen and oxygen atoms in total. The predicted molar refractivity (Wildman–Crippen MR) is 175 cm³/mol. The summed E-state index contributed by atoms with van der Waals surface area (Å²) < 4.78 is 2.22. The zero-order chi connectivity index (χ0) is 29.7. The van der Waals surface area contributed by atoms with E-state index in [9.17, 15) is 0 Å². The van der Waals surface area contributed by atoms with Crippen molar-refractivity contribution in [3.63, 3.8) is 0 Å². The molecule has 3 aromatic rings. The number of aromatic nitrogens is 1. The van der Waals surface area contributed by atoms with Crippen LogP contribution in [-0.4, -0.2) is 30.5 Å². The molecule has 4 rings (SSSR count). The van der Waals surface area contributed by atoms with Gasteiger partial charge >= 0.3 is 0 Å². The van der Waals surface area contributed by atoms with E-state index in [1.165, 1.54) is 11.1 Å². The maximum Gasteiger partial charge on any atom is 0.174 e. The summed E-state index contributed by atoms with van der Waals surface area (Å²) in [4.78, 5) is 0. The van der Waals surface area contributed by atoms with Gasteiger partial charge in [-0.05, 0) is 63.5 Å². The maximum atomic E-state index is 4.79. The Morgan fingerprint density at radius 2 is 1.60 bits per heavy atom. The lowest BCUT2D eigenvalue weighted by molar-refractivity contribution is -0.688. The van der Waals surface area contributed by atoms with Gasteiger partial charge in [0, 0.05) is 42.9 Å². The van der Waals surface area contributed by atoms with Gasteiger partial charge in [-0.2, -0.15) is 10.2 Å². The highest BCUT2D eigenvalue weighted by molar-refractivity contribution is 6.01. The molecule has 2 N–H and O–H groups in total. The summed E-state index contributed by atoms with van der Waals surface area (Å²) in [6.07, 6.45) is 19.4. The van der Waals surface area contributed by atoms with Crippen LogP contribution < -0.4 is 14.9 Å². The smallest absolute Gasteiger partial charge is 0.174 e. The van der Waals surface area contributed by atoms with Crippen LogP contribution in [0.5, 0.6) is 0 Å². The fourth-order valence-electron chi connectivity index (χ4n) is 4.87. The Balaban J connectivity index is 1.35. The molecule has 1 aliphatic rings. The maximum absolute atomic E-state index is 4.79. The molecule has 0 bridgehead atoms. The third-order valence-electron chi connectivity index (χ3n) is 7.34. The number of quaternary nitrogens is 1. The van der Waals surface area contributed by atoms with Gasteiger partial charge in [0.05, 0.1) is 29.0 Å². The molecule has 0 fully saturated rings. The van der Waals surface area contributed by atoms with Crippen LogP contribution >= 0.6 is 0 Å². The van der Waals surface area contributed by atoms with Crippen molar-refractivity contribution in [2.75, 3.05) is 19.1 Å². The minimum atomic E-state index is 0.819. The van der Waals surface area contributed by atoms with Crippen molar-refractivity contribution in [2.45, 2.75) is 46.7 Å². The topological polar surface area (TPSA) is 51.7 Å². The second kappa shape index (κ2) is 15.5. The molecule has 0 unspecified atom stereocenters. The largest absolute Gasteiger partial charge is 0.316 e. The number of benzene rings is 2. The Morgan fingerprint density at radius 1 is 0.881 bits per heavy atom. The van der Waals surface area contributed by atoms with E-state index in [1.807, 2.05) is 49.2 Å². The summed E-state index contributed by atoms with van der Waals surface area (Å²) in [6, 6.07) is 23.1. The van der Waals surface area contributed by atoms with Crippen LogP contribution in [0.4, 0.5) is 5.69 Å². The molecule has 0 radical (unpaired) electrons. The Morgan fingerprint density at radius 3 is 2.29 bits per heavy atom. The molecule has 0 spiro atoms. The van der Waals surface area contributed by atoms with Crippen molar-refractivity contribution in [3.8, 4) is 0 Å². The van der Waals surface area contributed by atoms with E-state index in [0.29, 0.717) is 0 Å². The van der Waals surface area contributed by atoms with Crippen LogP contribution in [0.25, 0.3) is 0 Å². The Bertz CT molecular complexity index is 1490. The third kappa shape index (κ3) is 8.72. The second-order valence-electron chi connectivity index (χ2n) is 10.4. The van der Waals surface area contributed by atoms with E-state index >= 15 is 0 Å². The minimum absolute atomic E-state index is 0.819. The molecule has 0 saturated heterocycles. The molecule has 2 aromatic carbocycles. The normalized spacial score (nSPS) is 14.3. The molecular weight excluding hydrogens is 516 g/mol. The lowest BCUT2D eigenvalue weighted by atomic mass is 10.1. The number of nitrogens with two attached hydrogens (primary N) is 1. The quantitative estimate of drug-likeness (QED) is 0.129. The van der Waals surface area contributed by atoms with Crippen LogP contribution in [0.3, 0.4) is 0 Å². The summed E-state index contributed by atoms with van der Waals surface area (Å²) in [5.41, 5.74) is 9.05. The first-order chi connectivity index (χ1) is 20.4. The number of hydrogen-bond acceptors (Lipinski definition) is 4. The number of hydrogen-bond donors (Lipinski definition) is 1. The first kappa shape index (κ1) is 30.4. The number of allylic oxidation sites excluding steroid dienone is 6. The van der Waals surface area contributed by atoms with Crippen LogP contribution in [0.15, 0.2) is 137 Å². The van der Waals surface area contributed by atoms with Crippen LogP contribution in [-0.2, 0) is 13.1 Å². The van der Waals surface area contributed by atoms with Gasteiger partial charge in [0.25, 0.3) is 0 Å². The van der Waals surface area contributed by atoms with Crippen molar-refractivity contribution in [2.24, 2.45) is 10.2 Å². The van der Waals surface area contributed by atoms with Crippen LogP contribution in [0.2, 0.25) is 0 Å². The third-order valence-corrected chi connectivity index (χ3v) is 7.34. The molecule has 1 aliphatic carbocycles. The summed E-state index contributed by atoms with van der Waals surface area (Å²) >= 11 is 0. The van der Waals surface area contributed by atoms with Crippen LogP contribution in [0.1, 0.15) is 50.3 Å². The van der Waals surface area contributed by atoms with Crippen LogP contribution in [0, 0.1) is 0 Å². The lowest BCUT2D eigenvalue weighted by Gasteiger charge is -2.17. The van der Waals surface area contributed by atoms with Gasteiger partial charge in [-0.3, -0.25) is 10.0 Å². The Hall–Kier alpha value is -4.55. The Kier molecular flexibility index (Phi) is 11.2. The van der Waals surface area contributed by atoms with Crippen molar-refractivity contribution in [1.29, 1.82) is 0 Å². The number of hydrazone groups is 2. The average molecular weight is 561 g/mol. The molecular formula is C36H44N6+2. The van der Waals surface area contributed by atoms with Crippen molar-refractivity contribution < 1.29 is 9.88 Å². The van der Waals surface area contributed by atoms with Crippen molar-refractivity contribution >= 4 is 17.1 Å². The number of rotatable bonds is 12. The number of para-hydroxylation sites is 1. The van der Waals surface area contributed by atoms with Gasteiger partial charge in [-0.15, -0.1) is 0 Å². The predicted octanol–water partition coefficient (Wildman–Crippen LogP) is 5.95. The first-order valence-electron chi connectivity index (χ1n) is 14.7. The molecule has 42 heavy (non-hydrogen) atoms. The molecule has 1 aromatic heterocycles. The fourth-order valence-corrected chi connectivity index (χ4v) is 4.87. The zero-order valence-corrected chi connectivity index (χ0v) is 25.6. The molecule has 0 amide bonds. The lowest BCUT2D eigenvalue weighted by Crippen LogP contribution is -2.76. The highest BCUT2D eigenvalue weighted by atomic mass is 15.4. The van der Waals surface area contributed by atoms with Gasteiger partial charge in [0.2, 0.25) is 0 Å². The van der Waals surface area contributed by atoms with Gasteiger partial charge in [-0.1, -0.05) is 60.7 Å². The highest BCUT2D eigenvalue weighted by Gasteiger charge is 2.11. The summed E-state index contributed by atoms with van der Waals surface area (Å²) in [5, 5.41) is 15.7. The van der Waals surface area contributed by atoms with E-state index < -0.39 is 0 Å². The first-order valence-corrected chi connectivity index (χ1v) is 14.7. The van der Waals surface area contributed by atoms with Gasteiger partial charge < -0.3 is 5.32 Å². The van der Waals surface area contributed by atoms with Gasteiger partial charge in [0.1, 0.15) is 6.54 Å². The molecule has 6 heteroatoms. The monoisotopic (exact) mass is 560 g/mol. The van der Waals surface area contributed by atoms with E-state index in [1.54, 1.807) is 0 Å². The summed E-state index contributed by atoms with van der Waals surface area (Å²) in [6.45, 7) is 7.85. The zero-order valence-electron chi connectivity index (χ0n) is 25.6.